The molecule has 0 heterocycles. The van der Waals surface area contributed by atoms with Crippen LogP contribution in [0.2, 0.25) is 0 Å². The van der Waals surface area contributed by atoms with Gasteiger partial charge in [-0.1, -0.05) is 35.0 Å². The standard InChI is InChI=1S/C11H14BrNO/c1-2-3-4-7-14-11-8-9(12)5-6-10(11)13/h3-6,8H,2,7,13H2,1H3/b4-3+. The Hall–Kier alpha value is -0.960. The highest BCUT2D eigenvalue weighted by Gasteiger charge is 1.99. The topological polar surface area (TPSA) is 35.2 Å². The van der Waals surface area contributed by atoms with Gasteiger partial charge < -0.3 is 10.5 Å². The molecule has 0 saturated carbocycles. The summed E-state index contributed by atoms with van der Waals surface area (Å²) in [6, 6.07) is 5.59. The van der Waals surface area contributed by atoms with E-state index in [1.54, 1.807) is 0 Å². The zero-order chi connectivity index (χ0) is 10.4. The number of anilines is 1. The first kappa shape index (κ1) is 11.1. The van der Waals surface area contributed by atoms with E-state index in [9.17, 15) is 0 Å². The lowest BCUT2D eigenvalue weighted by molar-refractivity contribution is 0.364. The number of halogens is 1. The van der Waals surface area contributed by atoms with Gasteiger partial charge in [0.1, 0.15) is 12.4 Å². The third-order valence-electron chi connectivity index (χ3n) is 1.71. The average molecular weight is 256 g/mol. The number of ether oxygens (including phenoxy) is 1. The molecule has 0 aliphatic heterocycles. The number of hydrogen-bond acceptors (Lipinski definition) is 2. The van der Waals surface area contributed by atoms with Crippen LogP contribution in [0.15, 0.2) is 34.8 Å². The van der Waals surface area contributed by atoms with E-state index in [2.05, 4.69) is 28.9 Å². The first-order valence-electron chi connectivity index (χ1n) is 4.57. The summed E-state index contributed by atoms with van der Waals surface area (Å²) < 4.78 is 6.45. The van der Waals surface area contributed by atoms with Crippen molar-refractivity contribution in [2.45, 2.75) is 13.3 Å². The third-order valence-corrected chi connectivity index (χ3v) is 2.21. The SMILES string of the molecule is CC/C=C/COc1cc(Br)ccc1N. The molecule has 2 N–H and O–H groups in total. The van der Waals surface area contributed by atoms with Crippen LogP contribution in [0.1, 0.15) is 13.3 Å². The summed E-state index contributed by atoms with van der Waals surface area (Å²) in [5.74, 6) is 0.722. The average Bonchev–Trinajstić information content (AvgIpc) is 2.18. The Morgan fingerprint density at radius 3 is 2.93 bits per heavy atom. The van der Waals surface area contributed by atoms with Crippen molar-refractivity contribution in [1.82, 2.24) is 0 Å². The number of hydrogen-bond donors (Lipinski definition) is 1. The highest BCUT2D eigenvalue weighted by Crippen LogP contribution is 2.25. The van der Waals surface area contributed by atoms with Gasteiger partial charge in [0.05, 0.1) is 5.69 Å². The van der Waals surface area contributed by atoms with E-state index in [0.29, 0.717) is 12.3 Å². The second kappa shape index (κ2) is 5.70. The van der Waals surface area contributed by atoms with Gasteiger partial charge in [0, 0.05) is 4.47 Å². The van der Waals surface area contributed by atoms with E-state index in [4.69, 9.17) is 10.5 Å². The molecule has 2 nitrogen and oxygen atoms in total. The van der Waals surface area contributed by atoms with Crippen molar-refractivity contribution >= 4 is 21.6 Å². The van der Waals surface area contributed by atoms with Crippen LogP contribution in [0, 0.1) is 0 Å². The molecule has 0 unspecified atom stereocenters. The lowest BCUT2D eigenvalue weighted by Crippen LogP contribution is -1.97. The molecule has 0 aliphatic carbocycles. The first-order valence-corrected chi connectivity index (χ1v) is 5.36. The minimum absolute atomic E-state index is 0.564. The van der Waals surface area contributed by atoms with E-state index < -0.39 is 0 Å². The molecule has 0 bridgehead atoms. The first-order chi connectivity index (χ1) is 6.74. The van der Waals surface area contributed by atoms with Gasteiger partial charge >= 0.3 is 0 Å². The van der Waals surface area contributed by atoms with Crippen molar-refractivity contribution in [1.29, 1.82) is 0 Å². The quantitative estimate of drug-likeness (QED) is 0.662. The predicted octanol–water partition coefficient (Wildman–Crippen LogP) is 3.38. The highest BCUT2D eigenvalue weighted by molar-refractivity contribution is 9.10. The third kappa shape index (κ3) is 3.42. The summed E-state index contributed by atoms with van der Waals surface area (Å²) in [5.41, 5.74) is 6.40. The fourth-order valence-electron chi connectivity index (χ4n) is 1.01. The summed E-state index contributed by atoms with van der Waals surface area (Å²) >= 11 is 3.37. The number of nitrogen functional groups attached to an aromatic ring is 1. The molecule has 0 fully saturated rings. The van der Waals surface area contributed by atoms with Crippen molar-refractivity contribution in [3.8, 4) is 5.75 Å². The minimum Gasteiger partial charge on any atom is -0.487 e. The molecule has 1 aromatic rings. The van der Waals surface area contributed by atoms with Gasteiger partial charge in [-0.3, -0.25) is 0 Å². The molecular weight excluding hydrogens is 242 g/mol. The van der Waals surface area contributed by atoms with E-state index in [0.717, 1.165) is 16.6 Å². The van der Waals surface area contributed by atoms with Gasteiger partial charge in [0.25, 0.3) is 0 Å². The molecule has 1 rings (SSSR count). The van der Waals surface area contributed by atoms with Gasteiger partial charge in [-0.2, -0.15) is 0 Å². The Balaban J connectivity index is 2.57. The van der Waals surface area contributed by atoms with Gasteiger partial charge in [0.15, 0.2) is 0 Å². The zero-order valence-electron chi connectivity index (χ0n) is 8.16. The zero-order valence-corrected chi connectivity index (χ0v) is 9.75. The van der Waals surface area contributed by atoms with Crippen molar-refractivity contribution < 1.29 is 4.74 Å². The van der Waals surface area contributed by atoms with Crippen molar-refractivity contribution in [3.63, 3.8) is 0 Å². The van der Waals surface area contributed by atoms with Gasteiger partial charge in [0.2, 0.25) is 0 Å². The fourth-order valence-corrected chi connectivity index (χ4v) is 1.35. The van der Waals surface area contributed by atoms with Crippen LogP contribution < -0.4 is 10.5 Å². The predicted molar refractivity (Wildman–Crippen MR) is 63.5 cm³/mol. The Morgan fingerprint density at radius 1 is 1.43 bits per heavy atom. The maximum absolute atomic E-state index is 5.73. The highest BCUT2D eigenvalue weighted by atomic mass is 79.9. The largest absolute Gasteiger partial charge is 0.487 e. The molecule has 14 heavy (non-hydrogen) atoms. The fraction of sp³-hybridized carbons (Fsp3) is 0.273. The van der Waals surface area contributed by atoms with Gasteiger partial charge in [-0.05, 0) is 24.6 Å². The molecular formula is C11H14BrNO. The molecule has 0 radical (unpaired) electrons. The maximum Gasteiger partial charge on any atom is 0.143 e. The molecule has 3 heteroatoms. The number of rotatable bonds is 4. The molecule has 1 aromatic carbocycles. The molecule has 0 saturated heterocycles. The van der Waals surface area contributed by atoms with Crippen LogP contribution in [0.25, 0.3) is 0 Å². The Bertz CT molecular complexity index is 323. The van der Waals surface area contributed by atoms with Crippen LogP contribution in [-0.4, -0.2) is 6.61 Å². The minimum atomic E-state index is 0.564. The van der Waals surface area contributed by atoms with E-state index in [-0.39, 0.29) is 0 Å². The molecule has 76 valence electrons. The van der Waals surface area contributed by atoms with Crippen LogP contribution in [0.4, 0.5) is 5.69 Å². The van der Waals surface area contributed by atoms with E-state index >= 15 is 0 Å². The van der Waals surface area contributed by atoms with Crippen molar-refractivity contribution in [2.24, 2.45) is 0 Å². The summed E-state index contributed by atoms with van der Waals surface area (Å²) in [4.78, 5) is 0. The van der Waals surface area contributed by atoms with Crippen molar-refractivity contribution in [2.75, 3.05) is 12.3 Å². The lowest BCUT2D eigenvalue weighted by Gasteiger charge is -2.06. The number of allylic oxidation sites excluding steroid dienone is 1. The van der Waals surface area contributed by atoms with Crippen LogP contribution >= 0.6 is 15.9 Å². The van der Waals surface area contributed by atoms with Gasteiger partial charge in [-0.25, -0.2) is 0 Å². The molecule has 0 aliphatic rings. The summed E-state index contributed by atoms with van der Waals surface area (Å²) in [7, 11) is 0. The monoisotopic (exact) mass is 255 g/mol. The number of benzene rings is 1. The summed E-state index contributed by atoms with van der Waals surface area (Å²) in [6.45, 7) is 2.65. The van der Waals surface area contributed by atoms with Crippen LogP contribution in [0.5, 0.6) is 5.75 Å². The smallest absolute Gasteiger partial charge is 0.143 e. The normalized spacial score (nSPS) is 10.7. The second-order valence-corrected chi connectivity index (χ2v) is 3.79. The Morgan fingerprint density at radius 2 is 2.21 bits per heavy atom. The summed E-state index contributed by atoms with van der Waals surface area (Å²) in [6.07, 6.45) is 5.08. The van der Waals surface area contributed by atoms with Crippen LogP contribution in [-0.2, 0) is 0 Å². The Kier molecular flexibility index (Phi) is 4.53. The van der Waals surface area contributed by atoms with Gasteiger partial charge in [-0.15, -0.1) is 0 Å². The maximum atomic E-state index is 5.73. The van der Waals surface area contributed by atoms with Crippen molar-refractivity contribution in [3.05, 3.63) is 34.8 Å². The lowest BCUT2D eigenvalue weighted by atomic mass is 10.3. The molecule has 0 atom stereocenters. The Labute approximate surface area is 92.9 Å². The molecule has 0 spiro atoms. The summed E-state index contributed by atoms with van der Waals surface area (Å²) in [5, 5.41) is 0. The second-order valence-electron chi connectivity index (χ2n) is 2.87. The molecule has 0 aromatic heterocycles. The molecule has 0 amide bonds. The van der Waals surface area contributed by atoms with Crippen LogP contribution in [0.3, 0.4) is 0 Å². The number of nitrogens with two attached hydrogens (primary N) is 1. The van der Waals surface area contributed by atoms with E-state index in [1.165, 1.54) is 0 Å². The van der Waals surface area contributed by atoms with E-state index in [1.807, 2.05) is 24.3 Å².